The predicted octanol–water partition coefficient (Wildman–Crippen LogP) is 2.73. The van der Waals surface area contributed by atoms with Gasteiger partial charge in [0.1, 0.15) is 0 Å². The number of nitrogens with zero attached hydrogens (tertiary/aromatic N) is 2. The minimum atomic E-state index is -0.375. The Hall–Kier alpha value is -1.40. The van der Waals surface area contributed by atoms with Gasteiger partial charge in [0.25, 0.3) is 0 Å². The quantitative estimate of drug-likeness (QED) is 0.725. The van der Waals surface area contributed by atoms with Gasteiger partial charge in [-0.3, -0.25) is 4.68 Å². The number of rotatable bonds is 7. The highest BCUT2D eigenvalue weighted by Crippen LogP contribution is 2.17. The van der Waals surface area contributed by atoms with E-state index in [1.807, 2.05) is 4.68 Å². The number of aromatic nitrogens is 2. The Morgan fingerprint density at radius 2 is 2.32 bits per heavy atom. The van der Waals surface area contributed by atoms with Gasteiger partial charge in [-0.25, -0.2) is 4.79 Å². The SMILES string of the molecule is CCOC(=O)c1cc(C(C)C)n(CCOC2CCCCO2)n1. The van der Waals surface area contributed by atoms with Gasteiger partial charge in [0.2, 0.25) is 0 Å². The van der Waals surface area contributed by atoms with Gasteiger partial charge in [-0.05, 0) is 38.2 Å². The van der Waals surface area contributed by atoms with E-state index in [2.05, 4.69) is 18.9 Å². The highest BCUT2D eigenvalue weighted by Gasteiger charge is 2.18. The Labute approximate surface area is 131 Å². The number of carbonyl (C=O) groups excluding carboxylic acids is 1. The highest BCUT2D eigenvalue weighted by atomic mass is 16.7. The van der Waals surface area contributed by atoms with E-state index < -0.39 is 0 Å². The average Bonchev–Trinajstić information content (AvgIpc) is 2.93. The molecule has 0 N–H and O–H groups in total. The van der Waals surface area contributed by atoms with E-state index in [-0.39, 0.29) is 18.2 Å². The molecule has 1 aliphatic rings. The molecular formula is C16H26N2O4. The molecule has 1 saturated heterocycles. The fraction of sp³-hybridized carbons (Fsp3) is 0.750. The van der Waals surface area contributed by atoms with E-state index in [0.717, 1.165) is 31.6 Å². The smallest absolute Gasteiger partial charge is 0.358 e. The summed E-state index contributed by atoms with van der Waals surface area (Å²) in [7, 11) is 0. The lowest BCUT2D eigenvalue weighted by Crippen LogP contribution is -2.24. The largest absolute Gasteiger partial charge is 0.461 e. The van der Waals surface area contributed by atoms with E-state index in [1.54, 1.807) is 13.0 Å². The molecule has 0 saturated carbocycles. The summed E-state index contributed by atoms with van der Waals surface area (Å²) in [6.07, 6.45) is 3.11. The molecule has 0 amide bonds. The molecule has 1 aliphatic heterocycles. The maximum atomic E-state index is 11.8. The molecule has 124 valence electrons. The molecule has 1 fully saturated rings. The first-order chi connectivity index (χ1) is 10.6. The monoisotopic (exact) mass is 310 g/mol. The molecule has 1 aromatic rings. The van der Waals surface area contributed by atoms with E-state index in [9.17, 15) is 4.79 Å². The fourth-order valence-electron chi connectivity index (χ4n) is 2.49. The van der Waals surface area contributed by atoms with Crippen molar-refractivity contribution in [2.45, 2.75) is 58.8 Å². The van der Waals surface area contributed by atoms with E-state index >= 15 is 0 Å². The van der Waals surface area contributed by atoms with Crippen LogP contribution >= 0.6 is 0 Å². The molecule has 1 atom stereocenters. The first kappa shape index (κ1) is 17.0. The summed E-state index contributed by atoms with van der Waals surface area (Å²) < 4.78 is 18.1. The van der Waals surface area contributed by atoms with Gasteiger partial charge in [-0.15, -0.1) is 0 Å². The molecule has 22 heavy (non-hydrogen) atoms. The summed E-state index contributed by atoms with van der Waals surface area (Å²) in [6.45, 7) is 8.19. The molecule has 0 bridgehead atoms. The van der Waals surface area contributed by atoms with Gasteiger partial charge < -0.3 is 14.2 Å². The van der Waals surface area contributed by atoms with Crippen molar-refractivity contribution < 1.29 is 19.0 Å². The van der Waals surface area contributed by atoms with Gasteiger partial charge in [-0.1, -0.05) is 13.8 Å². The van der Waals surface area contributed by atoms with Crippen LogP contribution in [0.3, 0.4) is 0 Å². The maximum absolute atomic E-state index is 11.8. The maximum Gasteiger partial charge on any atom is 0.358 e. The van der Waals surface area contributed by atoms with Crippen molar-refractivity contribution in [3.8, 4) is 0 Å². The van der Waals surface area contributed by atoms with E-state index in [4.69, 9.17) is 14.2 Å². The van der Waals surface area contributed by atoms with Crippen LogP contribution in [-0.2, 0) is 20.8 Å². The van der Waals surface area contributed by atoms with Gasteiger partial charge in [0.05, 0.1) is 19.8 Å². The van der Waals surface area contributed by atoms with Gasteiger partial charge in [0.15, 0.2) is 12.0 Å². The Morgan fingerprint density at radius 3 is 2.95 bits per heavy atom. The number of carbonyl (C=O) groups is 1. The lowest BCUT2D eigenvalue weighted by Gasteiger charge is -2.22. The van der Waals surface area contributed by atoms with Crippen molar-refractivity contribution in [1.29, 1.82) is 0 Å². The van der Waals surface area contributed by atoms with Crippen LogP contribution < -0.4 is 0 Å². The third kappa shape index (κ3) is 4.55. The normalized spacial score (nSPS) is 18.6. The summed E-state index contributed by atoms with van der Waals surface area (Å²) in [5.41, 5.74) is 1.37. The molecule has 2 rings (SSSR count). The lowest BCUT2D eigenvalue weighted by molar-refractivity contribution is -0.163. The van der Waals surface area contributed by atoms with Crippen LogP contribution in [0.2, 0.25) is 0 Å². The Morgan fingerprint density at radius 1 is 1.50 bits per heavy atom. The summed E-state index contributed by atoms with van der Waals surface area (Å²) in [4.78, 5) is 11.8. The number of hydrogen-bond acceptors (Lipinski definition) is 5. The van der Waals surface area contributed by atoms with Crippen molar-refractivity contribution in [3.63, 3.8) is 0 Å². The van der Waals surface area contributed by atoms with Crippen LogP contribution in [0.15, 0.2) is 6.07 Å². The number of hydrogen-bond donors (Lipinski definition) is 0. The van der Waals surface area contributed by atoms with Gasteiger partial charge in [-0.2, -0.15) is 5.10 Å². The highest BCUT2D eigenvalue weighted by molar-refractivity contribution is 5.87. The van der Waals surface area contributed by atoms with Crippen molar-refractivity contribution in [2.75, 3.05) is 19.8 Å². The first-order valence-corrected chi connectivity index (χ1v) is 8.10. The summed E-state index contributed by atoms with van der Waals surface area (Å²) in [6, 6.07) is 1.81. The van der Waals surface area contributed by atoms with E-state index in [1.165, 1.54) is 0 Å². The fourth-order valence-corrected chi connectivity index (χ4v) is 2.49. The molecule has 6 heteroatoms. The van der Waals surface area contributed by atoms with Crippen molar-refractivity contribution >= 4 is 5.97 Å². The summed E-state index contributed by atoms with van der Waals surface area (Å²) >= 11 is 0. The molecule has 0 aromatic carbocycles. The van der Waals surface area contributed by atoms with E-state index in [0.29, 0.717) is 25.5 Å². The third-order valence-electron chi connectivity index (χ3n) is 3.63. The Kier molecular flexibility index (Phi) is 6.39. The van der Waals surface area contributed by atoms with Crippen LogP contribution in [0, 0.1) is 0 Å². The molecule has 0 aliphatic carbocycles. The first-order valence-electron chi connectivity index (χ1n) is 8.10. The van der Waals surface area contributed by atoms with Crippen molar-refractivity contribution in [3.05, 3.63) is 17.5 Å². The third-order valence-corrected chi connectivity index (χ3v) is 3.63. The lowest BCUT2D eigenvalue weighted by atomic mass is 10.1. The van der Waals surface area contributed by atoms with Gasteiger partial charge >= 0.3 is 5.97 Å². The Bertz CT molecular complexity index is 478. The average molecular weight is 310 g/mol. The second-order valence-electron chi connectivity index (χ2n) is 5.72. The zero-order chi connectivity index (χ0) is 15.9. The summed E-state index contributed by atoms with van der Waals surface area (Å²) in [5.74, 6) is -0.0960. The van der Waals surface area contributed by atoms with Gasteiger partial charge in [0, 0.05) is 12.3 Å². The molecule has 2 heterocycles. The number of esters is 1. The summed E-state index contributed by atoms with van der Waals surface area (Å²) in [5, 5.41) is 4.35. The second kappa shape index (κ2) is 8.29. The van der Waals surface area contributed by atoms with Crippen LogP contribution in [0.4, 0.5) is 0 Å². The molecule has 1 unspecified atom stereocenters. The molecule has 0 spiro atoms. The van der Waals surface area contributed by atoms with Crippen LogP contribution in [0.25, 0.3) is 0 Å². The number of ether oxygens (including phenoxy) is 3. The van der Waals surface area contributed by atoms with Crippen LogP contribution in [0.1, 0.15) is 62.1 Å². The van der Waals surface area contributed by atoms with Crippen molar-refractivity contribution in [1.82, 2.24) is 9.78 Å². The molecular weight excluding hydrogens is 284 g/mol. The minimum Gasteiger partial charge on any atom is -0.461 e. The molecule has 0 radical (unpaired) electrons. The topological polar surface area (TPSA) is 62.6 Å². The predicted molar refractivity (Wildman–Crippen MR) is 81.8 cm³/mol. The van der Waals surface area contributed by atoms with Crippen LogP contribution in [-0.4, -0.2) is 41.9 Å². The molecule has 1 aromatic heterocycles. The second-order valence-corrected chi connectivity index (χ2v) is 5.72. The standard InChI is InChI=1S/C16H26N2O4/c1-4-20-16(19)13-11-14(12(2)3)18(17-13)8-10-22-15-7-5-6-9-21-15/h11-12,15H,4-10H2,1-3H3. The molecule has 6 nitrogen and oxygen atoms in total. The minimum absolute atomic E-state index is 0.101. The zero-order valence-corrected chi connectivity index (χ0v) is 13.7. The van der Waals surface area contributed by atoms with Crippen LogP contribution in [0.5, 0.6) is 0 Å². The Balaban J connectivity index is 1.94. The van der Waals surface area contributed by atoms with Crippen molar-refractivity contribution in [2.24, 2.45) is 0 Å². The zero-order valence-electron chi connectivity index (χ0n) is 13.7.